The molecule has 0 spiro atoms. The third-order valence-corrected chi connectivity index (χ3v) is 4.72. The van der Waals surface area contributed by atoms with Gasteiger partial charge in [-0.1, -0.05) is 6.08 Å². The second-order valence-corrected chi connectivity index (χ2v) is 7.73. The van der Waals surface area contributed by atoms with Crippen LogP contribution in [0.1, 0.15) is 27.2 Å². The number of carbonyl (C=O) groups is 2. The summed E-state index contributed by atoms with van der Waals surface area (Å²) >= 11 is 0. The van der Waals surface area contributed by atoms with E-state index in [4.69, 9.17) is 9.05 Å². The highest BCUT2D eigenvalue weighted by atomic mass is 31.2. The molecule has 0 aliphatic heterocycles. The van der Waals surface area contributed by atoms with Crippen molar-refractivity contribution in [2.75, 3.05) is 20.4 Å². The van der Waals surface area contributed by atoms with E-state index in [0.717, 1.165) is 4.90 Å². The third-order valence-electron chi connectivity index (χ3n) is 2.91. The van der Waals surface area contributed by atoms with E-state index in [0.29, 0.717) is 0 Å². The monoisotopic (exact) mass is 321 g/mol. The number of Topliss-reactive ketones (excluding diaryl/α,β-unsaturated/α-hetero) is 1. The van der Waals surface area contributed by atoms with Crippen molar-refractivity contribution in [3.05, 3.63) is 12.7 Å². The lowest BCUT2D eigenvalue weighted by molar-refractivity contribution is -0.123. The average Bonchev–Trinajstić information content (AvgIpc) is 2.35. The van der Waals surface area contributed by atoms with E-state index >= 15 is 0 Å². The molecule has 0 aromatic rings. The van der Waals surface area contributed by atoms with Crippen LogP contribution in [0.4, 0.5) is 4.79 Å². The first-order valence-corrected chi connectivity index (χ1v) is 8.11. The molecule has 0 aliphatic rings. The van der Waals surface area contributed by atoms with Gasteiger partial charge in [0, 0.05) is 19.8 Å². The van der Waals surface area contributed by atoms with Gasteiger partial charge in [0.15, 0.2) is 5.78 Å². The van der Waals surface area contributed by atoms with E-state index in [1.54, 1.807) is 20.8 Å². The summed E-state index contributed by atoms with van der Waals surface area (Å²) in [6.07, 6.45) is -0.143. The maximum Gasteiger partial charge on any atom is 0.408 e. The molecular formula is C13H24NO6P. The van der Waals surface area contributed by atoms with Gasteiger partial charge in [0.2, 0.25) is 0 Å². The van der Waals surface area contributed by atoms with Crippen molar-refractivity contribution < 1.29 is 28.3 Å². The van der Waals surface area contributed by atoms with Gasteiger partial charge in [0.25, 0.3) is 0 Å². The molecular weight excluding hydrogens is 297 g/mol. The van der Waals surface area contributed by atoms with Gasteiger partial charge in [-0.25, -0.2) is 4.79 Å². The van der Waals surface area contributed by atoms with Crippen LogP contribution in [0.3, 0.4) is 0 Å². The Morgan fingerprint density at radius 3 is 2.10 bits per heavy atom. The smallest absolute Gasteiger partial charge is 0.408 e. The van der Waals surface area contributed by atoms with E-state index in [-0.39, 0.29) is 6.42 Å². The molecule has 0 rings (SSSR count). The SMILES string of the molecule is C=CC[C@@H](C(=O)CP(=O)(OC)OC)N(C(=O)O)C(C)(C)C. The standard InChI is InChI=1S/C13H24NO6P/c1-7-8-10(14(12(16)17)13(2,3)4)11(15)9-21(18,19-5)20-6/h7,10H,1,8-9H2,2-6H3,(H,16,17)/t10-/m0/s1. The van der Waals surface area contributed by atoms with Crippen molar-refractivity contribution in [1.82, 2.24) is 4.90 Å². The molecule has 0 saturated carbocycles. The quantitative estimate of drug-likeness (QED) is 0.546. The van der Waals surface area contributed by atoms with Crippen molar-refractivity contribution in [2.24, 2.45) is 0 Å². The summed E-state index contributed by atoms with van der Waals surface area (Å²) < 4.78 is 21.5. The normalized spacial score (nSPS) is 13.6. The van der Waals surface area contributed by atoms with E-state index < -0.39 is 37.2 Å². The van der Waals surface area contributed by atoms with Gasteiger partial charge in [-0.2, -0.15) is 0 Å². The molecule has 1 atom stereocenters. The molecule has 0 heterocycles. The lowest BCUT2D eigenvalue weighted by Gasteiger charge is -2.38. The summed E-state index contributed by atoms with van der Waals surface area (Å²) in [6.45, 7) is 8.57. The zero-order chi connectivity index (χ0) is 16.8. The van der Waals surface area contributed by atoms with Crippen LogP contribution in [-0.2, 0) is 18.4 Å². The van der Waals surface area contributed by atoms with Gasteiger partial charge in [0.1, 0.15) is 6.16 Å². The molecule has 0 saturated heterocycles. The Morgan fingerprint density at radius 1 is 1.33 bits per heavy atom. The van der Waals surface area contributed by atoms with Gasteiger partial charge in [-0.3, -0.25) is 14.3 Å². The zero-order valence-corrected chi connectivity index (χ0v) is 14.1. The Labute approximate surface area is 125 Å². The van der Waals surface area contributed by atoms with Gasteiger partial charge in [-0.15, -0.1) is 6.58 Å². The summed E-state index contributed by atoms with van der Waals surface area (Å²) in [7, 11) is -1.18. The van der Waals surface area contributed by atoms with Gasteiger partial charge in [0.05, 0.1) is 6.04 Å². The highest BCUT2D eigenvalue weighted by Gasteiger charge is 2.39. The molecule has 122 valence electrons. The Hall–Kier alpha value is -1.17. The number of carboxylic acid groups (broad SMARTS) is 1. The molecule has 21 heavy (non-hydrogen) atoms. The van der Waals surface area contributed by atoms with Crippen LogP contribution in [0.15, 0.2) is 12.7 Å². The highest BCUT2D eigenvalue weighted by Crippen LogP contribution is 2.46. The average molecular weight is 321 g/mol. The molecule has 0 aliphatic carbocycles. The topological polar surface area (TPSA) is 93.1 Å². The van der Waals surface area contributed by atoms with Crippen LogP contribution in [0.5, 0.6) is 0 Å². The number of hydrogen-bond donors (Lipinski definition) is 1. The van der Waals surface area contributed by atoms with Crippen LogP contribution in [-0.4, -0.2) is 53.8 Å². The molecule has 1 N–H and O–H groups in total. The maximum absolute atomic E-state index is 12.4. The second kappa shape index (κ2) is 7.73. The fraction of sp³-hybridized carbons (Fsp3) is 0.692. The highest BCUT2D eigenvalue weighted by molar-refractivity contribution is 7.54. The van der Waals surface area contributed by atoms with Crippen molar-refractivity contribution in [3.8, 4) is 0 Å². The molecule has 0 radical (unpaired) electrons. The first kappa shape index (κ1) is 19.8. The maximum atomic E-state index is 12.4. The van der Waals surface area contributed by atoms with E-state index in [2.05, 4.69) is 6.58 Å². The Balaban J connectivity index is 5.47. The summed E-state index contributed by atoms with van der Waals surface area (Å²) in [4.78, 5) is 24.9. The fourth-order valence-corrected chi connectivity index (χ4v) is 2.93. The van der Waals surface area contributed by atoms with Crippen molar-refractivity contribution in [3.63, 3.8) is 0 Å². The van der Waals surface area contributed by atoms with E-state index in [1.165, 1.54) is 20.3 Å². The summed E-state index contributed by atoms with van der Waals surface area (Å²) in [5.74, 6) is -0.528. The minimum Gasteiger partial charge on any atom is -0.465 e. The molecule has 0 unspecified atom stereocenters. The minimum absolute atomic E-state index is 0.121. The number of carbonyl (C=O) groups excluding carboxylic acids is 1. The molecule has 1 amide bonds. The predicted molar refractivity (Wildman–Crippen MR) is 79.7 cm³/mol. The summed E-state index contributed by atoms with van der Waals surface area (Å²) in [5.41, 5.74) is -0.792. The van der Waals surface area contributed by atoms with Gasteiger partial charge >= 0.3 is 13.7 Å². The third kappa shape index (κ3) is 5.61. The van der Waals surface area contributed by atoms with Gasteiger partial charge in [-0.05, 0) is 27.2 Å². The zero-order valence-electron chi connectivity index (χ0n) is 13.2. The number of amides is 1. The number of hydrogen-bond acceptors (Lipinski definition) is 5. The number of nitrogens with zero attached hydrogens (tertiary/aromatic N) is 1. The van der Waals surface area contributed by atoms with Crippen molar-refractivity contribution in [2.45, 2.75) is 38.8 Å². The number of ketones is 1. The van der Waals surface area contributed by atoms with Gasteiger partial charge < -0.3 is 14.2 Å². The Kier molecular flexibility index (Phi) is 7.30. The largest absolute Gasteiger partial charge is 0.465 e. The lowest BCUT2D eigenvalue weighted by Crippen LogP contribution is -2.54. The van der Waals surface area contributed by atoms with E-state index in [1.807, 2.05) is 0 Å². The molecule has 7 nitrogen and oxygen atoms in total. The van der Waals surface area contributed by atoms with Crippen molar-refractivity contribution in [1.29, 1.82) is 0 Å². The molecule has 0 bridgehead atoms. The molecule has 0 fully saturated rings. The van der Waals surface area contributed by atoms with Crippen LogP contribution >= 0.6 is 7.60 Å². The first-order chi connectivity index (χ1) is 9.52. The predicted octanol–water partition coefficient (Wildman–Crippen LogP) is 2.76. The minimum atomic E-state index is -3.54. The molecule has 0 aromatic heterocycles. The van der Waals surface area contributed by atoms with Crippen LogP contribution in [0.2, 0.25) is 0 Å². The Bertz CT molecular complexity index is 434. The summed E-state index contributed by atoms with van der Waals surface area (Å²) in [5, 5.41) is 9.38. The fourth-order valence-electron chi connectivity index (χ4n) is 1.93. The lowest BCUT2D eigenvalue weighted by atomic mass is 9.99. The first-order valence-electron chi connectivity index (χ1n) is 6.38. The molecule has 0 aromatic carbocycles. The van der Waals surface area contributed by atoms with Crippen molar-refractivity contribution >= 4 is 19.5 Å². The van der Waals surface area contributed by atoms with Crippen LogP contribution in [0, 0.1) is 0 Å². The summed E-state index contributed by atoms with van der Waals surface area (Å²) in [6, 6.07) is -0.987. The number of rotatable bonds is 8. The van der Waals surface area contributed by atoms with Crippen LogP contribution in [0.25, 0.3) is 0 Å². The van der Waals surface area contributed by atoms with Crippen LogP contribution < -0.4 is 0 Å². The second-order valence-electron chi connectivity index (χ2n) is 5.46. The Morgan fingerprint density at radius 2 is 1.81 bits per heavy atom. The molecule has 8 heteroatoms. The van der Waals surface area contributed by atoms with E-state index in [9.17, 15) is 19.3 Å².